The predicted molar refractivity (Wildman–Crippen MR) is 37.4 cm³/mol. The van der Waals surface area contributed by atoms with Gasteiger partial charge in [-0.15, -0.1) is 0 Å². The van der Waals surface area contributed by atoms with Crippen LogP contribution in [-0.2, 0) is 4.74 Å². The Hall–Kier alpha value is -0.590. The summed E-state index contributed by atoms with van der Waals surface area (Å²) in [6.07, 6.45) is 0.865. The van der Waals surface area contributed by atoms with Crippen molar-refractivity contribution in [1.82, 2.24) is 5.32 Å². The van der Waals surface area contributed by atoms with Gasteiger partial charge >= 0.3 is 0 Å². The lowest BCUT2D eigenvalue weighted by Crippen LogP contribution is -2.49. The monoisotopic (exact) mass is 140 g/mol. The Morgan fingerprint density at radius 1 is 1.80 bits per heavy atom. The highest BCUT2D eigenvalue weighted by molar-refractivity contribution is 4.86. The molecule has 1 atom stereocenters. The van der Waals surface area contributed by atoms with Crippen molar-refractivity contribution in [2.75, 3.05) is 13.1 Å². The summed E-state index contributed by atoms with van der Waals surface area (Å²) in [5, 5.41) is 11.6. The second-order valence-corrected chi connectivity index (χ2v) is 2.44. The second-order valence-electron chi connectivity index (χ2n) is 2.44. The molecule has 10 heavy (non-hydrogen) atoms. The fraction of sp³-hybridized carbons (Fsp3) is 0.857. The van der Waals surface area contributed by atoms with Gasteiger partial charge < -0.3 is 10.1 Å². The number of hydrogen-bond donors (Lipinski definition) is 1. The topological polar surface area (TPSA) is 45.0 Å². The molecule has 1 aliphatic heterocycles. The van der Waals surface area contributed by atoms with Gasteiger partial charge in [0, 0.05) is 13.1 Å². The maximum Gasteiger partial charge on any atom is 0.144 e. The molecule has 0 aromatic carbocycles. The molecule has 0 bridgehead atoms. The van der Waals surface area contributed by atoms with Crippen LogP contribution >= 0.6 is 0 Å². The Labute approximate surface area is 61.0 Å². The molecule has 1 saturated heterocycles. The molecule has 0 radical (unpaired) electrons. The Kier molecular flexibility index (Phi) is 2.67. The largest absolute Gasteiger partial charge is 0.357 e. The number of rotatable bonds is 3. The molecule has 1 aliphatic rings. The molecule has 56 valence electrons. The molecule has 0 aromatic heterocycles. The van der Waals surface area contributed by atoms with E-state index < -0.39 is 0 Å². The molecule has 0 spiro atoms. The van der Waals surface area contributed by atoms with Crippen LogP contribution in [-0.4, -0.2) is 25.3 Å². The maximum atomic E-state index is 8.50. The highest BCUT2D eigenvalue weighted by Crippen LogP contribution is 2.04. The van der Waals surface area contributed by atoms with Gasteiger partial charge in [0.05, 0.1) is 12.2 Å². The SMILES string of the molecule is CCC(C#N)OC1CNC1. The first-order valence-corrected chi connectivity index (χ1v) is 3.62. The van der Waals surface area contributed by atoms with Crippen LogP contribution in [0.1, 0.15) is 13.3 Å². The van der Waals surface area contributed by atoms with Gasteiger partial charge in [-0.25, -0.2) is 0 Å². The van der Waals surface area contributed by atoms with Gasteiger partial charge in [-0.3, -0.25) is 0 Å². The molecular formula is C7H12N2O. The number of ether oxygens (including phenoxy) is 1. The summed E-state index contributed by atoms with van der Waals surface area (Å²) in [5.74, 6) is 0. The number of nitriles is 1. The molecule has 1 N–H and O–H groups in total. The first-order chi connectivity index (χ1) is 4.86. The lowest BCUT2D eigenvalue weighted by molar-refractivity contribution is -0.0133. The van der Waals surface area contributed by atoms with E-state index in [0.717, 1.165) is 19.5 Å². The summed E-state index contributed by atoms with van der Waals surface area (Å²) in [6.45, 7) is 3.76. The van der Waals surface area contributed by atoms with Crippen molar-refractivity contribution in [2.45, 2.75) is 25.6 Å². The minimum atomic E-state index is -0.202. The summed E-state index contributed by atoms with van der Waals surface area (Å²) in [5.41, 5.74) is 0. The minimum Gasteiger partial charge on any atom is -0.357 e. The van der Waals surface area contributed by atoms with Crippen LogP contribution in [0.4, 0.5) is 0 Å². The Morgan fingerprint density at radius 3 is 2.80 bits per heavy atom. The fourth-order valence-electron chi connectivity index (χ4n) is 0.809. The Bertz CT molecular complexity index is 137. The number of hydrogen-bond acceptors (Lipinski definition) is 3. The van der Waals surface area contributed by atoms with Crippen molar-refractivity contribution in [3.05, 3.63) is 0 Å². The molecule has 1 fully saturated rings. The zero-order chi connectivity index (χ0) is 7.40. The van der Waals surface area contributed by atoms with Gasteiger partial charge in [0.15, 0.2) is 0 Å². The van der Waals surface area contributed by atoms with Crippen molar-refractivity contribution in [3.63, 3.8) is 0 Å². The van der Waals surface area contributed by atoms with E-state index in [1.807, 2.05) is 6.92 Å². The number of nitrogens with zero attached hydrogens (tertiary/aromatic N) is 1. The quantitative estimate of drug-likeness (QED) is 0.612. The molecular weight excluding hydrogens is 128 g/mol. The van der Waals surface area contributed by atoms with E-state index in [4.69, 9.17) is 10.00 Å². The van der Waals surface area contributed by atoms with Gasteiger partial charge in [-0.1, -0.05) is 6.92 Å². The molecule has 0 saturated carbocycles. The smallest absolute Gasteiger partial charge is 0.144 e. The second kappa shape index (κ2) is 3.55. The van der Waals surface area contributed by atoms with Crippen molar-refractivity contribution < 1.29 is 4.74 Å². The first-order valence-electron chi connectivity index (χ1n) is 3.62. The van der Waals surface area contributed by atoms with E-state index in [2.05, 4.69) is 11.4 Å². The van der Waals surface area contributed by atoms with E-state index in [1.54, 1.807) is 0 Å². The first kappa shape index (κ1) is 7.52. The van der Waals surface area contributed by atoms with E-state index in [0.29, 0.717) is 0 Å². The van der Waals surface area contributed by atoms with Crippen molar-refractivity contribution in [3.8, 4) is 6.07 Å². The van der Waals surface area contributed by atoms with Gasteiger partial charge in [0.2, 0.25) is 0 Å². The standard InChI is InChI=1S/C7H12N2O/c1-2-6(3-8)10-7-4-9-5-7/h6-7,9H,2,4-5H2,1H3. The van der Waals surface area contributed by atoms with Crippen LogP contribution in [0, 0.1) is 11.3 Å². The predicted octanol–water partition coefficient (Wildman–Crippen LogP) is 0.277. The fourth-order valence-corrected chi connectivity index (χ4v) is 0.809. The molecule has 1 heterocycles. The average Bonchev–Trinajstić information content (AvgIpc) is 1.87. The molecule has 1 rings (SSSR count). The Morgan fingerprint density at radius 2 is 2.50 bits per heavy atom. The molecule has 0 aliphatic carbocycles. The average molecular weight is 140 g/mol. The van der Waals surface area contributed by atoms with Gasteiger partial charge in [0.1, 0.15) is 6.10 Å². The summed E-state index contributed by atoms with van der Waals surface area (Å²) in [6, 6.07) is 2.10. The summed E-state index contributed by atoms with van der Waals surface area (Å²) < 4.78 is 5.36. The normalized spacial score (nSPS) is 21.2. The van der Waals surface area contributed by atoms with Crippen molar-refractivity contribution in [1.29, 1.82) is 5.26 Å². The van der Waals surface area contributed by atoms with Crippen LogP contribution in [0.15, 0.2) is 0 Å². The summed E-state index contributed by atoms with van der Waals surface area (Å²) in [7, 11) is 0. The summed E-state index contributed by atoms with van der Waals surface area (Å²) in [4.78, 5) is 0. The lowest BCUT2D eigenvalue weighted by atomic mass is 10.2. The van der Waals surface area contributed by atoms with Crippen LogP contribution in [0.2, 0.25) is 0 Å². The van der Waals surface area contributed by atoms with E-state index in [1.165, 1.54) is 0 Å². The molecule has 1 unspecified atom stereocenters. The van der Waals surface area contributed by atoms with E-state index in [-0.39, 0.29) is 12.2 Å². The molecule has 3 nitrogen and oxygen atoms in total. The zero-order valence-electron chi connectivity index (χ0n) is 6.13. The third-order valence-electron chi connectivity index (χ3n) is 1.62. The van der Waals surface area contributed by atoms with Gasteiger partial charge in [-0.05, 0) is 6.42 Å². The van der Waals surface area contributed by atoms with Gasteiger partial charge in [-0.2, -0.15) is 5.26 Å². The molecule has 0 aromatic rings. The molecule has 3 heteroatoms. The minimum absolute atomic E-state index is 0.202. The lowest BCUT2D eigenvalue weighted by Gasteiger charge is -2.28. The third-order valence-corrected chi connectivity index (χ3v) is 1.62. The van der Waals surface area contributed by atoms with E-state index in [9.17, 15) is 0 Å². The van der Waals surface area contributed by atoms with E-state index >= 15 is 0 Å². The van der Waals surface area contributed by atoms with Crippen LogP contribution in [0.3, 0.4) is 0 Å². The summed E-state index contributed by atoms with van der Waals surface area (Å²) >= 11 is 0. The van der Waals surface area contributed by atoms with Crippen LogP contribution in [0.25, 0.3) is 0 Å². The Balaban J connectivity index is 2.15. The third kappa shape index (κ3) is 1.69. The van der Waals surface area contributed by atoms with Crippen molar-refractivity contribution in [2.24, 2.45) is 0 Å². The highest BCUT2D eigenvalue weighted by atomic mass is 16.5. The van der Waals surface area contributed by atoms with Crippen LogP contribution in [0.5, 0.6) is 0 Å². The van der Waals surface area contributed by atoms with Gasteiger partial charge in [0.25, 0.3) is 0 Å². The van der Waals surface area contributed by atoms with Crippen molar-refractivity contribution >= 4 is 0 Å². The molecule has 0 amide bonds. The van der Waals surface area contributed by atoms with Crippen LogP contribution < -0.4 is 5.32 Å². The number of nitrogens with one attached hydrogen (secondary N) is 1. The zero-order valence-corrected chi connectivity index (χ0v) is 6.13. The highest BCUT2D eigenvalue weighted by Gasteiger charge is 2.20. The maximum absolute atomic E-state index is 8.50.